The number of aryl methyl sites for hydroxylation is 1. The van der Waals surface area contributed by atoms with E-state index in [1.165, 1.54) is 25.2 Å². The number of ketones is 1. The van der Waals surface area contributed by atoms with Gasteiger partial charge in [-0.3, -0.25) is 14.5 Å². The first-order valence-corrected chi connectivity index (χ1v) is 12.0. The van der Waals surface area contributed by atoms with Crippen LogP contribution in [0.4, 0.5) is 5.69 Å². The molecule has 192 valence electrons. The predicted octanol–water partition coefficient (Wildman–Crippen LogP) is 5.57. The maximum absolute atomic E-state index is 13.9. The number of fused-ring (bicyclic) bond motifs is 1. The molecule has 1 atom stereocenters. The van der Waals surface area contributed by atoms with Crippen molar-refractivity contribution in [2.75, 3.05) is 19.1 Å². The molecule has 2 heterocycles. The van der Waals surface area contributed by atoms with Crippen molar-refractivity contribution in [1.82, 2.24) is 0 Å². The number of carbonyl (C=O) groups is 3. The van der Waals surface area contributed by atoms with Crippen molar-refractivity contribution >= 4 is 34.3 Å². The normalized spacial score (nSPS) is 15.3. The number of Topliss-reactive ketones (excluding diaryl/α,β-unsaturated/α-hetero) is 1. The fraction of sp³-hybridized carbons (Fsp3) is 0.167. The van der Waals surface area contributed by atoms with E-state index in [1.54, 1.807) is 42.5 Å². The molecule has 0 radical (unpaired) electrons. The standard InChI is InChI=1S/C30H25NO7/c1-4-17-11-13-18(14-12-17)25-24(26(32)23-16-19-7-6-10-22(36-2)28(19)38-23)27(33)29(34)31(25)21-9-5-8-20(15-21)30(35)37-3/h5-16,25,33H,4H2,1-3H3. The number of esters is 1. The number of aliphatic hydroxyl groups is 1. The van der Waals surface area contributed by atoms with E-state index in [1.807, 2.05) is 31.2 Å². The molecule has 0 spiro atoms. The van der Waals surface area contributed by atoms with Gasteiger partial charge in [0.25, 0.3) is 5.91 Å². The Bertz CT molecular complexity index is 1600. The van der Waals surface area contributed by atoms with Gasteiger partial charge >= 0.3 is 5.97 Å². The van der Waals surface area contributed by atoms with Crippen molar-refractivity contribution < 1.29 is 33.4 Å². The van der Waals surface area contributed by atoms with Crippen LogP contribution in [0.2, 0.25) is 0 Å². The van der Waals surface area contributed by atoms with Gasteiger partial charge in [0, 0.05) is 11.1 Å². The number of nitrogens with zero attached hydrogens (tertiary/aromatic N) is 1. The third kappa shape index (κ3) is 4.10. The molecule has 5 rings (SSSR count). The number of benzene rings is 3. The molecule has 8 heteroatoms. The molecule has 0 aliphatic carbocycles. The van der Waals surface area contributed by atoms with Crippen LogP contribution in [0.3, 0.4) is 0 Å². The Balaban J connectivity index is 1.65. The van der Waals surface area contributed by atoms with Crippen molar-refractivity contribution in [1.29, 1.82) is 0 Å². The van der Waals surface area contributed by atoms with E-state index in [4.69, 9.17) is 13.9 Å². The number of amides is 1. The van der Waals surface area contributed by atoms with Gasteiger partial charge in [-0.15, -0.1) is 0 Å². The van der Waals surface area contributed by atoms with Crippen molar-refractivity contribution in [3.63, 3.8) is 0 Å². The van der Waals surface area contributed by atoms with Gasteiger partial charge in [0.2, 0.25) is 5.78 Å². The number of furan rings is 1. The average molecular weight is 512 g/mol. The number of hydrogen-bond donors (Lipinski definition) is 1. The van der Waals surface area contributed by atoms with Gasteiger partial charge in [0.15, 0.2) is 22.9 Å². The van der Waals surface area contributed by atoms with Crippen LogP contribution < -0.4 is 9.64 Å². The monoisotopic (exact) mass is 511 g/mol. The van der Waals surface area contributed by atoms with Gasteiger partial charge in [0.05, 0.1) is 31.4 Å². The van der Waals surface area contributed by atoms with E-state index >= 15 is 0 Å². The summed E-state index contributed by atoms with van der Waals surface area (Å²) >= 11 is 0. The molecule has 4 aromatic rings. The lowest BCUT2D eigenvalue weighted by Crippen LogP contribution is -2.31. The number of rotatable bonds is 7. The summed E-state index contributed by atoms with van der Waals surface area (Å²) in [6.45, 7) is 2.02. The molecular formula is C30H25NO7. The van der Waals surface area contributed by atoms with E-state index in [0.717, 1.165) is 12.0 Å². The molecule has 0 bridgehead atoms. The lowest BCUT2D eigenvalue weighted by Gasteiger charge is -2.27. The maximum atomic E-state index is 13.9. The highest BCUT2D eigenvalue weighted by Crippen LogP contribution is 2.43. The summed E-state index contributed by atoms with van der Waals surface area (Å²) < 4.78 is 16.0. The minimum atomic E-state index is -0.969. The predicted molar refractivity (Wildman–Crippen MR) is 141 cm³/mol. The van der Waals surface area contributed by atoms with Gasteiger partial charge in [0.1, 0.15) is 0 Å². The second-order valence-electron chi connectivity index (χ2n) is 8.80. The highest BCUT2D eigenvalue weighted by molar-refractivity contribution is 6.21. The third-order valence-corrected chi connectivity index (χ3v) is 6.65. The number of methoxy groups -OCH3 is 2. The molecule has 1 unspecified atom stereocenters. The largest absolute Gasteiger partial charge is 0.503 e. The molecular weight excluding hydrogens is 486 g/mol. The number of para-hydroxylation sites is 1. The van der Waals surface area contributed by atoms with Crippen molar-refractivity contribution in [2.24, 2.45) is 0 Å². The summed E-state index contributed by atoms with van der Waals surface area (Å²) in [4.78, 5) is 40.8. The number of hydrogen-bond acceptors (Lipinski definition) is 7. The molecule has 1 aliphatic rings. The van der Waals surface area contributed by atoms with Crippen LogP contribution in [-0.2, 0) is 16.0 Å². The quantitative estimate of drug-likeness (QED) is 0.255. The fourth-order valence-electron chi connectivity index (χ4n) is 4.70. The van der Waals surface area contributed by atoms with Crippen LogP contribution >= 0.6 is 0 Å². The van der Waals surface area contributed by atoms with E-state index in [-0.39, 0.29) is 16.9 Å². The Morgan fingerprint density at radius 1 is 1.00 bits per heavy atom. The van der Waals surface area contributed by atoms with Crippen molar-refractivity contribution in [3.8, 4) is 5.75 Å². The Labute approximate surface area is 218 Å². The fourth-order valence-corrected chi connectivity index (χ4v) is 4.70. The number of ether oxygens (including phenoxy) is 2. The van der Waals surface area contributed by atoms with Crippen LogP contribution in [-0.4, -0.2) is 37.0 Å². The van der Waals surface area contributed by atoms with Crippen molar-refractivity contribution in [2.45, 2.75) is 19.4 Å². The topological polar surface area (TPSA) is 106 Å². The first-order chi connectivity index (χ1) is 18.4. The molecule has 0 saturated heterocycles. The zero-order chi connectivity index (χ0) is 27.0. The summed E-state index contributed by atoms with van der Waals surface area (Å²) in [6.07, 6.45) is 0.808. The van der Waals surface area contributed by atoms with Crippen LogP contribution in [0.1, 0.15) is 45.0 Å². The second kappa shape index (κ2) is 9.89. The number of aliphatic hydroxyl groups excluding tert-OH is 1. The van der Waals surface area contributed by atoms with Crippen LogP contribution in [0.25, 0.3) is 11.0 Å². The summed E-state index contributed by atoms with van der Waals surface area (Å²) in [6, 6.07) is 19.6. The van der Waals surface area contributed by atoms with E-state index in [0.29, 0.717) is 28.0 Å². The van der Waals surface area contributed by atoms with E-state index in [9.17, 15) is 19.5 Å². The average Bonchev–Trinajstić information content (AvgIpc) is 3.51. The Hall–Kier alpha value is -4.85. The van der Waals surface area contributed by atoms with E-state index < -0.39 is 29.5 Å². The molecule has 3 aromatic carbocycles. The molecule has 38 heavy (non-hydrogen) atoms. The van der Waals surface area contributed by atoms with Crippen molar-refractivity contribution in [3.05, 3.63) is 107 Å². The molecule has 1 aromatic heterocycles. The first kappa shape index (κ1) is 24.8. The Morgan fingerprint density at radius 3 is 2.42 bits per heavy atom. The van der Waals surface area contributed by atoms with Gasteiger partial charge in [-0.1, -0.05) is 49.4 Å². The summed E-state index contributed by atoms with van der Waals surface area (Å²) in [5.41, 5.74) is 2.49. The minimum Gasteiger partial charge on any atom is -0.503 e. The number of carbonyl (C=O) groups excluding carboxylic acids is 3. The van der Waals surface area contributed by atoms with Gasteiger partial charge in [-0.25, -0.2) is 4.79 Å². The summed E-state index contributed by atoms with van der Waals surface area (Å²) in [5.74, 6) is -2.25. The van der Waals surface area contributed by atoms with E-state index in [2.05, 4.69) is 0 Å². The lowest BCUT2D eigenvalue weighted by atomic mass is 9.93. The maximum Gasteiger partial charge on any atom is 0.337 e. The summed E-state index contributed by atoms with van der Waals surface area (Å²) in [5, 5.41) is 11.7. The first-order valence-electron chi connectivity index (χ1n) is 12.0. The smallest absolute Gasteiger partial charge is 0.337 e. The number of anilines is 1. The molecule has 1 amide bonds. The van der Waals surface area contributed by atoms with Crippen LogP contribution in [0.15, 0.2) is 88.5 Å². The molecule has 1 aliphatic heterocycles. The van der Waals surface area contributed by atoms with Gasteiger partial charge in [-0.05, 0) is 47.9 Å². The Kier molecular flexibility index (Phi) is 6.46. The lowest BCUT2D eigenvalue weighted by molar-refractivity contribution is -0.117. The third-order valence-electron chi connectivity index (χ3n) is 6.65. The molecule has 1 N–H and O–H groups in total. The molecule has 0 fully saturated rings. The minimum absolute atomic E-state index is 0.0424. The molecule has 0 saturated carbocycles. The highest BCUT2D eigenvalue weighted by Gasteiger charge is 2.45. The Morgan fingerprint density at radius 2 is 1.74 bits per heavy atom. The van der Waals surface area contributed by atoms with Gasteiger partial charge < -0.3 is 19.0 Å². The van der Waals surface area contributed by atoms with Gasteiger partial charge in [-0.2, -0.15) is 0 Å². The van der Waals surface area contributed by atoms with Crippen LogP contribution in [0, 0.1) is 0 Å². The zero-order valence-corrected chi connectivity index (χ0v) is 21.1. The summed E-state index contributed by atoms with van der Waals surface area (Å²) in [7, 11) is 2.76. The zero-order valence-electron chi connectivity index (χ0n) is 21.1. The van der Waals surface area contributed by atoms with Crippen LogP contribution in [0.5, 0.6) is 5.75 Å². The SMILES string of the molecule is CCc1ccc(C2C(C(=O)c3cc4cccc(OC)c4o3)=C(O)C(=O)N2c2cccc(C(=O)OC)c2)cc1. The molecule has 8 nitrogen and oxygen atoms in total. The second-order valence-corrected chi connectivity index (χ2v) is 8.80. The highest BCUT2D eigenvalue weighted by atomic mass is 16.5.